The van der Waals surface area contributed by atoms with Gasteiger partial charge in [0.2, 0.25) is 0 Å². The van der Waals surface area contributed by atoms with Crippen LogP contribution in [-0.2, 0) is 25.9 Å². The highest BCUT2D eigenvalue weighted by atomic mass is 32.1. The van der Waals surface area contributed by atoms with Crippen molar-refractivity contribution in [2.75, 3.05) is 14.1 Å². The van der Waals surface area contributed by atoms with Crippen LogP contribution in [0.3, 0.4) is 0 Å². The first-order valence-electron chi connectivity index (χ1n) is 9.56. The number of rotatable bonds is 5. The summed E-state index contributed by atoms with van der Waals surface area (Å²) < 4.78 is 1.76. The van der Waals surface area contributed by atoms with Crippen molar-refractivity contribution >= 4 is 17.3 Å². The lowest BCUT2D eigenvalue weighted by Crippen LogP contribution is -2.38. The van der Waals surface area contributed by atoms with Crippen LogP contribution < -0.4 is 5.32 Å². The lowest BCUT2D eigenvalue weighted by Gasteiger charge is -2.21. The normalized spacial score (nSPS) is 14.0. The van der Waals surface area contributed by atoms with Gasteiger partial charge in [-0.2, -0.15) is 5.10 Å². The molecule has 0 fully saturated rings. The molecule has 0 spiro atoms. The van der Waals surface area contributed by atoms with Crippen LogP contribution in [0, 0.1) is 0 Å². The van der Waals surface area contributed by atoms with Gasteiger partial charge >= 0.3 is 0 Å². The number of aliphatic imine (C=N–C) groups is 1. The molecular weight excluding hydrogens is 370 g/mol. The van der Waals surface area contributed by atoms with Crippen molar-refractivity contribution < 1.29 is 0 Å². The number of guanidine groups is 1. The molecule has 1 N–H and O–H groups in total. The SMILES string of the molecule is CN=C(NCc1cccc(-n2cncn2)c1)N(C)Cc1nc2c(s1)CCCC2. The van der Waals surface area contributed by atoms with Crippen LogP contribution in [0.25, 0.3) is 5.69 Å². The standard InChI is InChI=1S/C20H25N7S/c1-21-20(26(2)12-19-25-17-8-3-4-9-18(17)28-19)23-11-15-6-5-7-16(10-15)27-14-22-13-24-27/h5-7,10,13-14H,3-4,8-9,11-12H2,1-2H3,(H,21,23). The molecule has 7 nitrogen and oxygen atoms in total. The first-order chi connectivity index (χ1) is 13.7. The van der Waals surface area contributed by atoms with Crippen LogP contribution >= 0.6 is 11.3 Å². The van der Waals surface area contributed by atoms with E-state index in [0.717, 1.165) is 30.2 Å². The zero-order valence-corrected chi connectivity index (χ0v) is 17.1. The molecule has 0 radical (unpaired) electrons. The van der Waals surface area contributed by atoms with E-state index in [9.17, 15) is 0 Å². The van der Waals surface area contributed by atoms with Crippen LogP contribution in [0.4, 0.5) is 0 Å². The molecule has 8 heteroatoms. The highest BCUT2D eigenvalue weighted by Gasteiger charge is 2.17. The van der Waals surface area contributed by atoms with Crippen molar-refractivity contribution in [3.8, 4) is 5.69 Å². The van der Waals surface area contributed by atoms with E-state index in [-0.39, 0.29) is 0 Å². The monoisotopic (exact) mass is 395 g/mol. The molecule has 0 saturated carbocycles. The minimum absolute atomic E-state index is 0.688. The molecule has 3 aromatic rings. The van der Waals surface area contributed by atoms with Gasteiger partial charge in [-0.15, -0.1) is 11.3 Å². The number of hydrogen-bond donors (Lipinski definition) is 1. The Bertz CT molecular complexity index is 922. The molecule has 4 rings (SSSR count). The lowest BCUT2D eigenvalue weighted by atomic mass is 10.0. The molecular formula is C20H25N7S. The van der Waals surface area contributed by atoms with E-state index in [1.54, 1.807) is 11.0 Å². The van der Waals surface area contributed by atoms with E-state index in [2.05, 4.69) is 44.5 Å². The number of nitrogens with zero attached hydrogens (tertiary/aromatic N) is 6. The number of aromatic nitrogens is 4. The van der Waals surface area contributed by atoms with Crippen LogP contribution in [0.15, 0.2) is 41.9 Å². The van der Waals surface area contributed by atoms with Crippen molar-refractivity contribution in [1.82, 2.24) is 30.0 Å². The Morgan fingerprint density at radius 1 is 1.32 bits per heavy atom. The third-order valence-electron chi connectivity index (χ3n) is 4.88. The molecule has 2 aromatic heterocycles. The number of fused-ring (bicyclic) bond motifs is 1. The quantitative estimate of drug-likeness (QED) is 0.531. The molecule has 0 saturated heterocycles. The summed E-state index contributed by atoms with van der Waals surface area (Å²) in [7, 11) is 3.87. The highest BCUT2D eigenvalue weighted by Crippen LogP contribution is 2.27. The summed E-state index contributed by atoms with van der Waals surface area (Å²) in [5.41, 5.74) is 3.47. The van der Waals surface area contributed by atoms with E-state index in [1.165, 1.54) is 41.2 Å². The van der Waals surface area contributed by atoms with Gasteiger partial charge in [-0.3, -0.25) is 4.99 Å². The summed E-state index contributed by atoms with van der Waals surface area (Å²) in [6, 6.07) is 8.24. The second kappa shape index (κ2) is 8.52. The number of aryl methyl sites for hydroxylation is 2. The minimum atomic E-state index is 0.688. The maximum atomic E-state index is 4.84. The van der Waals surface area contributed by atoms with Gasteiger partial charge in [-0.1, -0.05) is 12.1 Å². The average Bonchev–Trinajstić information content (AvgIpc) is 3.38. The van der Waals surface area contributed by atoms with Crippen LogP contribution in [-0.4, -0.2) is 44.7 Å². The predicted molar refractivity (Wildman–Crippen MR) is 112 cm³/mol. The molecule has 146 valence electrons. The smallest absolute Gasteiger partial charge is 0.194 e. The molecule has 0 unspecified atom stereocenters. The highest BCUT2D eigenvalue weighted by molar-refractivity contribution is 7.11. The first-order valence-corrected chi connectivity index (χ1v) is 10.4. The van der Waals surface area contributed by atoms with E-state index >= 15 is 0 Å². The number of benzene rings is 1. The number of hydrogen-bond acceptors (Lipinski definition) is 5. The Kier molecular flexibility index (Phi) is 5.66. The Morgan fingerprint density at radius 3 is 3.00 bits per heavy atom. The van der Waals surface area contributed by atoms with Gasteiger partial charge in [0, 0.05) is 25.5 Å². The van der Waals surface area contributed by atoms with Crippen molar-refractivity contribution in [2.45, 2.75) is 38.8 Å². The summed E-state index contributed by atoms with van der Waals surface area (Å²) in [6.45, 7) is 1.46. The zero-order chi connectivity index (χ0) is 19.3. The number of nitrogens with one attached hydrogen (secondary N) is 1. The second-order valence-electron chi connectivity index (χ2n) is 6.95. The summed E-state index contributed by atoms with van der Waals surface area (Å²) in [4.78, 5) is 16.9. The molecule has 1 aromatic carbocycles. The van der Waals surface area contributed by atoms with Gasteiger partial charge in [0.05, 0.1) is 17.9 Å². The lowest BCUT2D eigenvalue weighted by molar-refractivity contribution is 0.474. The summed E-state index contributed by atoms with van der Waals surface area (Å²) >= 11 is 1.86. The van der Waals surface area contributed by atoms with Gasteiger partial charge in [-0.05, 0) is 43.4 Å². The van der Waals surface area contributed by atoms with E-state index in [4.69, 9.17) is 4.98 Å². The fourth-order valence-electron chi connectivity index (χ4n) is 3.47. The molecule has 0 bridgehead atoms. The molecule has 2 heterocycles. The Balaban J connectivity index is 1.38. The van der Waals surface area contributed by atoms with Crippen LogP contribution in [0.1, 0.15) is 34.0 Å². The van der Waals surface area contributed by atoms with Crippen molar-refractivity contribution in [1.29, 1.82) is 0 Å². The van der Waals surface area contributed by atoms with Crippen LogP contribution in [0.2, 0.25) is 0 Å². The fraction of sp³-hybridized carbons (Fsp3) is 0.400. The Morgan fingerprint density at radius 2 is 2.21 bits per heavy atom. The molecule has 0 aliphatic heterocycles. The third kappa shape index (κ3) is 4.22. The summed E-state index contributed by atoms with van der Waals surface area (Å²) in [6.07, 6.45) is 8.12. The Hall–Kier alpha value is -2.74. The van der Waals surface area contributed by atoms with Gasteiger partial charge < -0.3 is 10.2 Å². The molecule has 1 aliphatic rings. The first kappa shape index (κ1) is 18.6. The topological polar surface area (TPSA) is 71.2 Å². The Labute approximate surface area is 169 Å². The van der Waals surface area contributed by atoms with Gasteiger partial charge in [-0.25, -0.2) is 14.6 Å². The number of thiazole rings is 1. The molecule has 1 aliphatic carbocycles. The maximum absolute atomic E-state index is 4.84. The summed E-state index contributed by atoms with van der Waals surface area (Å²) in [5.74, 6) is 0.860. The maximum Gasteiger partial charge on any atom is 0.194 e. The predicted octanol–water partition coefficient (Wildman–Crippen LogP) is 2.81. The largest absolute Gasteiger partial charge is 0.352 e. The fourth-order valence-corrected chi connectivity index (χ4v) is 4.68. The van der Waals surface area contributed by atoms with Gasteiger partial charge in [0.25, 0.3) is 0 Å². The van der Waals surface area contributed by atoms with E-state index in [1.807, 2.05) is 30.5 Å². The van der Waals surface area contributed by atoms with Crippen molar-refractivity contribution in [2.24, 2.45) is 4.99 Å². The van der Waals surface area contributed by atoms with Crippen LogP contribution in [0.5, 0.6) is 0 Å². The molecule has 0 atom stereocenters. The van der Waals surface area contributed by atoms with Gasteiger partial charge in [0.15, 0.2) is 5.96 Å². The van der Waals surface area contributed by atoms with Crippen molar-refractivity contribution in [3.63, 3.8) is 0 Å². The second-order valence-corrected chi connectivity index (χ2v) is 8.12. The van der Waals surface area contributed by atoms with E-state index < -0.39 is 0 Å². The molecule has 0 amide bonds. The average molecular weight is 396 g/mol. The van der Waals surface area contributed by atoms with Crippen molar-refractivity contribution in [3.05, 3.63) is 58.1 Å². The molecule has 28 heavy (non-hydrogen) atoms. The summed E-state index contributed by atoms with van der Waals surface area (Å²) in [5, 5.41) is 8.81. The minimum Gasteiger partial charge on any atom is -0.352 e. The zero-order valence-electron chi connectivity index (χ0n) is 16.3. The third-order valence-corrected chi connectivity index (χ3v) is 6.02. The van der Waals surface area contributed by atoms with Gasteiger partial charge in [0.1, 0.15) is 17.7 Å². The van der Waals surface area contributed by atoms with E-state index in [0.29, 0.717) is 6.54 Å².